The predicted octanol–water partition coefficient (Wildman–Crippen LogP) is -4.39. The summed E-state index contributed by atoms with van der Waals surface area (Å²) in [6.45, 7) is 0. The third-order valence-corrected chi connectivity index (χ3v) is 2.12. The third kappa shape index (κ3) is 46.8. The molecule has 0 N–H and O–H groups in total. The van der Waals surface area contributed by atoms with Crippen molar-refractivity contribution in [2.24, 2.45) is 0 Å². The van der Waals surface area contributed by atoms with Crippen LogP contribution in [0, 0.1) is 0 Å². The van der Waals surface area contributed by atoms with E-state index in [1.165, 1.54) is 8.59 Å². The van der Waals surface area contributed by atoms with Crippen molar-refractivity contribution in [1.82, 2.24) is 0 Å². The van der Waals surface area contributed by atoms with E-state index in [4.69, 9.17) is 1.28 Å². The van der Waals surface area contributed by atoms with Gasteiger partial charge in [-0.2, -0.15) is 0 Å². The van der Waals surface area contributed by atoms with E-state index in [-0.39, 0.29) is 56.1 Å². The van der Waals surface area contributed by atoms with Crippen LogP contribution in [0.2, 0.25) is 0 Å². The smallest absolute Gasteiger partial charge is 1.00 e. The van der Waals surface area contributed by atoms with Crippen LogP contribution in [0.25, 0.3) is 0 Å². The minimum atomic E-state index is -1.71. The van der Waals surface area contributed by atoms with Gasteiger partial charge in [-0.3, -0.25) is 0 Å². The van der Waals surface area contributed by atoms with E-state index in [0.717, 1.165) is 5.91 Å². The Balaban J connectivity index is -0.0000000326. The zero-order valence-electron chi connectivity index (χ0n) is 5.54. The van der Waals surface area contributed by atoms with E-state index in [0.29, 0.717) is 7.96 Å². The molecular weight excluding hydrogens is 343 g/mol. The molecule has 47 valence electrons. The van der Waals surface area contributed by atoms with Crippen molar-refractivity contribution in [3.8, 4) is 0 Å². The number of rotatable bonds is 0. The molecule has 0 fully saturated rings. The van der Waals surface area contributed by atoms with Gasteiger partial charge in [0.25, 0.3) is 0 Å². The van der Waals surface area contributed by atoms with Crippen LogP contribution in [0.3, 0.4) is 0 Å². The summed E-state index contributed by atoms with van der Waals surface area (Å²) in [5.41, 5.74) is 0. The maximum Gasteiger partial charge on any atom is 1.00 e. The first-order valence-electron chi connectivity index (χ1n) is 1.47. The molecule has 0 nitrogen and oxygen atoms in total. The SMILES string of the molecule is P=[S]=[V].[2H]P=[S]=[Y][F].[F-].[K+]. The molecule has 0 atom stereocenters. The average molecular weight is 346 g/mol. The van der Waals surface area contributed by atoms with Gasteiger partial charge >= 0.3 is 128 Å². The maximum absolute atomic E-state index is 11.0. The van der Waals surface area contributed by atoms with Crippen molar-refractivity contribution >= 4 is 30.5 Å². The number of hydrogen-bond acceptors (Lipinski definition) is 0. The third-order valence-electron chi connectivity index (χ3n) is 0.0398. The summed E-state index contributed by atoms with van der Waals surface area (Å²) in [6, 6.07) is 0. The standard InChI is InChI=1S/2FH.K.2HPS.V.Y/c;;;2*1-2;;/h2*1H;;2*1H;;/q;;+1;;;;+1/p-2/i;;;1D;;;. The summed E-state index contributed by atoms with van der Waals surface area (Å²) < 4.78 is 17.4. The largest absolute Gasteiger partial charge is 1.00 e. The van der Waals surface area contributed by atoms with Crippen LogP contribution in [-0.2, 0) is 57.8 Å². The van der Waals surface area contributed by atoms with Gasteiger partial charge in [0.15, 0.2) is 0 Å². The Morgan fingerprint density at radius 3 is 2.11 bits per heavy atom. The maximum atomic E-state index is 11.0. The molecule has 0 saturated heterocycles. The van der Waals surface area contributed by atoms with E-state index in [1.54, 1.807) is 0 Å². The van der Waals surface area contributed by atoms with Gasteiger partial charge < -0.3 is 4.70 Å². The second-order valence-electron chi connectivity index (χ2n) is 0.286. The van der Waals surface area contributed by atoms with E-state index in [2.05, 4.69) is 23.7 Å². The molecule has 9 heteroatoms. The zero-order chi connectivity index (χ0) is 6.83. The van der Waals surface area contributed by atoms with Crippen molar-refractivity contribution in [3.63, 3.8) is 0 Å². The van der Waals surface area contributed by atoms with E-state index in [9.17, 15) is 1.92 Å². The average Bonchev–Trinajstić information content (AvgIpc) is 1.71. The fourth-order valence-electron chi connectivity index (χ4n) is 0. The molecule has 0 rings (SSSR count). The van der Waals surface area contributed by atoms with Crippen molar-refractivity contribution in [3.05, 3.63) is 0 Å². The molecule has 0 aromatic carbocycles. The van der Waals surface area contributed by atoms with E-state index < -0.39 is 27.6 Å². The molecular formula is H2F2KP2S2VY. The van der Waals surface area contributed by atoms with Crippen LogP contribution in [0.4, 0.5) is 1.92 Å². The first-order chi connectivity index (χ1) is 3.83. The van der Waals surface area contributed by atoms with Gasteiger partial charge in [0, 0.05) is 0 Å². The van der Waals surface area contributed by atoms with Gasteiger partial charge in [-0.25, -0.2) is 0 Å². The predicted molar refractivity (Wildman–Crippen MR) is 32.5 cm³/mol. The van der Waals surface area contributed by atoms with E-state index >= 15 is 0 Å². The first kappa shape index (κ1) is 18.9. The van der Waals surface area contributed by atoms with Crippen LogP contribution in [-0.4, -0.2) is 1.28 Å². The summed E-state index contributed by atoms with van der Waals surface area (Å²) >= 11 is 0.584. The van der Waals surface area contributed by atoms with Gasteiger partial charge in [0.2, 0.25) is 0 Å². The van der Waals surface area contributed by atoms with Gasteiger partial charge in [0.1, 0.15) is 0 Å². The van der Waals surface area contributed by atoms with Crippen molar-refractivity contribution in [1.29, 1.82) is 1.28 Å². The minimum absolute atomic E-state index is 0. The molecule has 9 heavy (non-hydrogen) atoms. The van der Waals surface area contributed by atoms with Crippen LogP contribution in [0.15, 0.2) is 0 Å². The Labute approximate surface area is 129 Å². The minimum Gasteiger partial charge on any atom is -1.00 e. The molecule has 0 aromatic rings. The molecule has 0 saturated carbocycles. The Hall–Kier alpha value is 4.22. The van der Waals surface area contributed by atoms with E-state index in [1.807, 2.05) is 0 Å². The van der Waals surface area contributed by atoms with Crippen LogP contribution < -0.4 is 56.1 Å². The van der Waals surface area contributed by atoms with Crippen molar-refractivity contribution in [2.75, 3.05) is 0 Å². The molecule has 0 radical (unpaired) electrons. The summed E-state index contributed by atoms with van der Waals surface area (Å²) in [5.74, 6) is 1.13. The molecule has 0 spiro atoms. The summed E-state index contributed by atoms with van der Waals surface area (Å²) in [5, 5.41) is 0. The second kappa shape index (κ2) is 29.5. The number of halogens is 2. The normalized spacial score (nSPS) is 5.11. The topological polar surface area (TPSA) is 0 Å². The quantitative estimate of drug-likeness (QED) is 0.307. The second-order valence-corrected chi connectivity index (χ2v) is 10.6. The molecule has 0 heterocycles. The Morgan fingerprint density at radius 2 is 2.11 bits per heavy atom. The van der Waals surface area contributed by atoms with Crippen LogP contribution in [0.5, 0.6) is 0 Å². The molecule has 0 unspecified atom stereocenters. The fraction of sp³-hybridized carbons (Fsp3) is 0. The van der Waals surface area contributed by atoms with Crippen molar-refractivity contribution < 1.29 is 101 Å². The van der Waals surface area contributed by atoms with Gasteiger partial charge in [-0.05, 0) is 0 Å². The molecule has 0 aliphatic heterocycles. The van der Waals surface area contributed by atoms with Gasteiger partial charge in [-0.1, -0.05) is 0 Å². The van der Waals surface area contributed by atoms with Crippen molar-refractivity contribution in [2.45, 2.75) is 0 Å². The van der Waals surface area contributed by atoms with Crippen LogP contribution >= 0.6 is 16.0 Å². The first-order valence-corrected chi connectivity index (χ1v) is 11.2. The monoisotopic (exact) mass is 346 g/mol. The van der Waals surface area contributed by atoms with Gasteiger partial charge in [0.05, 0.1) is 0 Å². The van der Waals surface area contributed by atoms with Gasteiger partial charge in [-0.15, -0.1) is 0 Å². The summed E-state index contributed by atoms with van der Waals surface area (Å²) in [6.07, 6.45) is 0. The summed E-state index contributed by atoms with van der Waals surface area (Å²) in [4.78, 5) is 0. The number of hydrogen-bond donors (Lipinski definition) is 0. The fourth-order valence-corrected chi connectivity index (χ4v) is 0. The Morgan fingerprint density at radius 1 is 1.78 bits per heavy atom. The molecule has 0 aromatic heterocycles. The molecule has 0 bridgehead atoms. The van der Waals surface area contributed by atoms with Crippen LogP contribution in [0.1, 0.15) is 0 Å². The molecule has 0 aliphatic carbocycles. The Bertz CT molecular complexity index is 127. The molecule has 0 amide bonds. The Kier molecular flexibility index (Phi) is 62.0. The summed E-state index contributed by atoms with van der Waals surface area (Å²) in [7, 11) is 4.97. The zero-order valence-corrected chi connectivity index (χ0v) is 15.4. The molecule has 0 aliphatic rings.